The maximum atomic E-state index is 5.53. The van der Waals surface area contributed by atoms with Crippen LogP contribution >= 0.6 is 11.3 Å². The van der Waals surface area contributed by atoms with Crippen molar-refractivity contribution in [1.29, 1.82) is 0 Å². The predicted molar refractivity (Wildman–Crippen MR) is 118 cm³/mol. The fourth-order valence-electron chi connectivity index (χ4n) is 4.24. The summed E-state index contributed by atoms with van der Waals surface area (Å²) in [7, 11) is 0. The largest absolute Gasteiger partial charge is 0.454 e. The van der Waals surface area contributed by atoms with Crippen molar-refractivity contribution in [1.82, 2.24) is 30.0 Å². The van der Waals surface area contributed by atoms with Gasteiger partial charge in [0.05, 0.1) is 5.54 Å². The van der Waals surface area contributed by atoms with Crippen LogP contribution in [0, 0.1) is 0 Å². The first-order valence-electron chi connectivity index (χ1n) is 10.7. The molecule has 164 valence electrons. The third kappa shape index (κ3) is 4.17. The van der Waals surface area contributed by atoms with Crippen molar-refractivity contribution < 1.29 is 9.47 Å². The molecule has 8 nitrogen and oxygen atoms in total. The van der Waals surface area contributed by atoms with Crippen LogP contribution < -0.4 is 9.47 Å². The second-order valence-corrected chi connectivity index (χ2v) is 10.0. The number of piperazine rings is 1. The summed E-state index contributed by atoms with van der Waals surface area (Å²) in [4.78, 5) is 6.28. The molecule has 0 radical (unpaired) electrons. The zero-order valence-electron chi connectivity index (χ0n) is 18.2. The van der Waals surface area contributed by atoms with Crippen LogP contribution in [-0.4, -0.2) is 63.0 Å². The lowest BCUT2D eigenvalue weighted by Crippen LogP contribution is -2.48. The predicted octanol–water partition coefficient (Wildman–Crippen LogP) is 3.13. The van der Waals surface area contributed by atoms with Gasteiger partial charge in [0.15, 0.2) is 17.3 Å². The quantitative estimate of drug-likeness (QED) is 0.604. The molecule has 0 saturated carbocycles. The van der Waals surface area contributed by atoms with Gasteiger partial charge in [-0.15, -0.1) is 16.4 Å². The average Bonchev–Trinajstić information content (AvgIpc) is 3.51. The molecule has 1 fully saturated rings. The van der Waals surface area contributed by atoms with Crippen molar-refractivity contribution in [3.05, 3.63) is 52.0 Å². The molecule has 0 N–H and O–H groups in total. The van der Waals surface area contributed by atoms with Crippen LogP contribution in [0.25, 0.3) is 0 Å². The number of nitrogens with zero attached hydrogens (tertiary/aromatic N) is 6. The SMILES string of the molecule is CC(C)(C)n1nnnc1[C@H](c1cccs1)N1CCN(Cc2ccc3c(c2)OCO3)CC1. The topological polar surface area (TPSA) is 68.5 Å². The van der Waals surface area contributed by atoms with Gasteiger partial charge in [0, 0.05) is 37.6 Å². The maximum absolute atomic E-state index is 5.53. The van der Waals surface area contributed by atoms with Gasteiger partial charge in [-0.1, -0.05) is 12.1 Å². The zero-order chi connectivity index (χ0) is 21.4. The van der Waals surface area contributed by atoms with E-state index in [0.29, 0.717) is 6.79 Å². The fourth-order valence-corrected chi connectivity index (χ4v) is 5.09. The van der Waals surface area contributed by atoms with Gasteiger partial charge < -0.3 is 9.47 Å². The summed E-state index contributed by atoms with van der Waals surface area (Å²) < 4.78 is 12.9. The van der Waals surface area contributed by atoms with Crippen molar-refractivity contribution in [2.24, 2.45) is 0 Å². The minimum atomic E-state index is -0.171. The second-order valence-electron chi connectivity index (χ2n) is 9.04. The summed E-state index contributed by atoms with van der Waals surface area (Å²) in [5.41, 5.74) is 1.08. The van der Waals surface area contributed by atoms with Crippen molar-refractivity contribution in [2.45, 2.75) is 38.9 Å². The number of thiophene rings is 1. The molecule has 5 rings (SSSR count). The van der Waals surface area contributed by atoms with Crippen molar-refractivity contribution in [2.75, 3.05) is 33.0 Å². The average molecular weight is 441 g/mol. The van der Waals surface area contributed by atoms with Crippen LogP contribution in [0.1, 0.15) is 43.1 Å². The van der Waals surface area contributed by atoms with Crippen molar-refractivity contribution in [3.8, 4) is 11.5 Å². The molecule has 0 bridgehead atoms. The van der Waals surface area contributed by atoms with E-state index >= 15 is 0 Å². The zero-order valence-corrected chi connectivity index (χ0v) is 19.0. The first kappa shape index (κ1) is 20.4. The number of benzene rings is 1. The Kier molecular flexibility index (Phi) is 5.41. The summed E-state index contributed by atoms with van der Waals surface area (Å²) in [5, 5.41) is 14.9. The van der Waals surface area contributed by atoms with Gasteiger partial charge in [0.1, 0.15) is 6.04 Å². The molecule has 31 heavy (non-hydrogen) atoms. The first-order chi connectivity index (χ1) is 15.0. The van der Waals surface area contributed by atoms with Crippen LogP contribution in [-0.2, 0) is 12.1 Å². The number of fused-ring (bicyclic) bond motifs is 1. The van der Waals surface area contributed by atoms with Crippen LogP contribution in [0.5, 0.6) is 11.5 Å². The van der Waals surface area contributed by atoms with Crippen LogP contribution in [0.3, 0.4) is 0 Å². The second kappa shape index (κ2) is 8.22. The molecular weight excluding hydrogens is 412 g/mol. The van der Waals surface area contributed by atoms with E-state index in [0.717, 1.165) is 50.0 Å². The van der Waals surface area contributed by atoms with Gasteiger partial charge in [-0.25, -0.2) is 4.68 Å². The Bertz CT molecular complexity index is 1020. The smallest absolute Gasteiger partial charge is 0.231 e. The van der Waals surface area contributed by atoms with E-state index in [1.54, 1.807) is 11.3 Å². The van der Waals surface area contributed by atoms with Crippen LogP contribution in [0.4, 0.5) is 0 Å². The summed E-state index contributed by atoms with van der Waals surface area (Å²) in [6.07, 6.45) is 0. The monoisotopic (exact) mass is 440 g/mol. The molecule has 2 aliphatic heterocycles. The Hall–Kier alpha value is -2.49. The van der Waals surface area contributed by atoms with Gasteiger partial charge >= 0.3 is 0 Å². The molecule has 1 atom stereocenters. The highest BCUT2D eigenvalue weighted by Crippen LogP contribution is 2.34. The Morgan fingerprint density at radius 3 is 2.61 bits per heavy atom. The third-order valence-corrected chi connectivity index (χ3v) is 6.73. The minimum absolute atomic E-state index is 0.0712. The van der Waals surface area contributed by atoms with Crippen molar-refractivity contribution in [3.63, 3.8) is 0 Å². The van der Waals surface area contributed by atoms with Gasteiger partial charge in [0.25, 0.3) is 0 Å². The molecule has 9 heteroatoms. The van der Waals surface area contributed by atoms with E-state index in [4.69, 9.17) is 9.47 Å². The summed E-state index contributed by atoms with van der Waals surface area (Å²) >= 11 is 1.77. The Labute approximate surface area is 186 Å². The lowest BCUT2D eigenvalue weighted by Gasteiger charge is -2.39. The van der Waals surface area contributed by atoms with Gasteiger partial charge in [-0.3, -0.25) is 9.80 Å². The van der Waals surface area contributed by atoms with E-state index in [1.165, 1.54) is 10.4 Å². The molecule has 0 spiro atoms. The molecule has 2 aliphatic rings. The lowest BCUT2D eigenvalue weighted by atomic mass is 10.1. The van der Waals surface area contributed by atoms with E-state index in [-0.39, 0.29) is 11.6 Å². The summed E-state index contributed by atoms with van der Waals surface area (Å²) in [6.45, 7) is 11.6. The number of ether oxygens (including phenoxy) is 2. The number of hydrogen-bond acceptors (Lipinski definition) is 8. The van der Waals surface area contributed by atoms with Gasteiger partial charge in [0.2, 0.25) is 6.79 Å². The van der Waals surface area contributed by atoms with Crippen LogP contribution in [0.15, 0.2) is 35.7 Å². The minimum Gasteiger partial charge on any atom is -0.454 e. The molecule has 4 heterocycles. The molecule has 0 aliphatic carbocycles. The highest BCUT2D eigenvalue weighted by molar-refractivity contribution is 7.10. The van der Waals surface area contributed by atoms with E-state index < -0.39 is 0 Å². The number of tetrazole rings is 1. The molecular formula is C22H28N6O2S. The number of rotatable bonds is 5. The fraction of sp³-hybridized carbons (Fsp3) is 0.500. The number of hydrogen-bond donors (Lipinski definition) is 0. The van der Waals surface area contributed by atoms with Gasteiger partial charge in [-0.2, -0.15) is 0 Å². The highest BCUT2D eigenvalue weighted by Gasteiger charge is 2.33. The maximum Gasteiger partial charge on any atom is 0.231 e. The molecule has 1 saturated heterocycles. The number of aromatic nitrogens is 4. The van der Waals surface area contributed by atoms with Crippen molar-refractivity contribution >= 4 is 11.3 Å². The normalized spacial score (nSPS) is 18.4. The first-order valence-corrected chi connectivity index (χ1v) is 11.5. The summed E-state index contributed by atoms with van der Waals surface area (Å²) in [5.74, 6) is 2.60. The van der Waals surface area contributed by atoms with E-state index in [9.17, 15) is 0 Å². The Morgan fingerprint density at radius 1 is 1.06 bits per heavy atom. The van der Waals surface area contributed by atoms with Crippen LogP contribution in [0.2, 0.25) is 0 Å². The lowest BCUT2D eigenvalue weighted by molar-refractivity contribution is 0.0990. The van der Waals surface area contributed by atoms with E-state index in [1.807, 2.05) is 10.7 Å². The molecule has 1 aromatic carbocycles. The molecule has 0 unspecified atom stereocenters. The molecule has 2 aromatic heterocycles. The summed E-state index contributed by atoms with van der Waals surface area (Å²) in [6, 6.07) is 10.6. The Balaban J connectivity index is 1.31. The third-order valence-electron chi connectivity index (χ3n) is 5.80. The van der Waals surface area contributed by atoms with E-state index in [2.05, 4.69) is 75.7 Å². The molecule has 3 aromatic rings. The van der Waals surface area contributed by atoms with Gasteiger partial charge in [-0.05, 0) is 60.3 Å². The standard InChI is InChI=1S/C22H28N6O2S/c1-22(2,3)28-21(23-24-25-28)20(19-5-4-12-31-19)27-10-8-26(9-11-27)14-16-6-7-17-18(13-16)30-15-29-17/h4-7,12-13,20H,8-11,14-15H2,1-3H3/t20-/m0/s1. The Morgan fingerprint density at radius 2 is 1.87 bits per heavy atom. The molecule has 0 amide bonds. The highest BCUT2D eigenvalue weighted by atomic mass is 32.1.